The van der Waals surface area contributed by atoms with Crippen LogP contribution in [0.2, 0.25) is 0 Å². The maximum atomic E-state index is 4.42. The molecule has 0 aliphatic carbocycles. The van der Waals surface area contributed by atoms with Gasteiger partial charge in [0.15, 0.2) is 0 Å². The fraction of sp³-hybridized carbons (Fsp3) is 0.133. The first-order valence-corrected chi connectivity index (χ1v) is 6.39. The van der Waals surface area contributed by atoms with Crippen molar-refractivity contribution in [3.8, 4) is 0 Å². The molecule has 5 nitrogen and oxygen atoms in total. The van der Waals surface area contributed by atoms with Crippen molar-refractivity contribution in [1.29, 1.82) is 0 Å². The van der Waals surface area contributed by atoms with Gasteiger partial charge in [0, 0.05) is 36.1 Å². The number of anilines is 3. The van der Waals surface area contributed by atoms with Gasteiger partial charge in [-0.3, -0.25) is 4.98 Å². The average Bonchev–Trinajstić information content (AvgIpc) is 2.49. The molecule has 0 unspecified atom stereocenters. The van der Waals surface area contributed by atoms with Crippen LogP contribution >= 0.6 is 0 Å². The summed E-state index contributed by atoms with van der Waals surface area (Å²) in [4.78, 5) is 12.9. The molecule has 0 aliphatic heterocycles. The van der Waals surface area contributed by atoms with Crippen molar-refractivity contribution >= 4 is 28.4 Å². The van der Waals surface area contributed by atoms with Crippen LogP contribution in [-0.4, -0.2) is 22.0 Å². The molecule has 1 aromatic carbocycles. The van der Waals surface area contributed by atoms with Gasteiger partial charge >= 0.3 is 0 Å². The maximum absolute atomic E-state index is 4.42. The minimum absolute atomic E-state index is 0.598. The molecule has 3 rings (SSSR count). The molecule has 2 N–H and O–H groups in total. The standard InChI is InChI=1S/C15H15N5/c1-10-9-18-15(16-2)20-14(10)19-12-5-6-13-11(8-12)4-3-7-17-13/h3-9H,1-2H3,(H2,16,18,19,20). The van der Waals surface area contributed by atoms with Gasteiger partial charge in [-0.15, -0.1) is 0 Å². The van der Waals surface area contributed by atoms with E-state index in [4.69, 9.17) is 0 Å². The molecule has 0 saturated heterocycles. The molecule has 0 amide bonds. The summed E-state index contributed by atoms with van der Waals surface area (Å²) in [5.74, 6) is 1.40. The minimum Gasteiger partial charge on any atom is -0.357 e. The normalized spacial score (nSPS) is 10.5. The predicted molar refractivity (Wildman–Crippen MR) is 81.3 cm³/mol. The SMILES string of the molecule is CNc1ncc(C)c(Nc2ccc3ncccc3c2)n1. The van der Waals surface area contributed by atoms with Crippen LogP contribution in [-0.2, 0) is 0 Å². The number of aryl methyl sites for hydroxylation is 1. The van der Waals surface area contributed by atoms with Gasteiger partial charge in [0.05, 0.1) is 5.52 Å². The van der Waals surface area contributed by atoms with Gasteiger partial charge in [-0.1, -0.05) is 6.07 Å². The van der Waals surface area contributed by atoms with Crippen LogP contribution in [0.1, 0.15) is 5.56 Å². The molecule has 0 spiro atoms. The van der Waals surface area contributed by atoms with Gasteiger partial charge in [0.1, 0.15) is 5.82 Å². The Bertz CT molecular complexity index is 754. The number of fused-ring (bicyclic) bond motifs is 1. The lowest BCUT2D eigenvalue weighted by atomic mass is 10.2. The van der Waals surface area contributed by atoms with Crippen LogP contribution in [0.15, 0.2) is 42.7 Å². The first-order chi connectivity index (χ1) is 9.76. The Morgan fingerprint density at radius 1 is 1.10 bits per heavy atom. The Morgan fingerprint density at radius 3 is 2.85 bits per heavy atom. The second-order valence-electron chi connectivity index (χ2n) is 4.51. The van der Waals surface area contributed by atoms with Gasteiger partial charge in [0.25, 0.3) is 0 Å². The third kappa shape index (κ3) is 2.38. The third-order valence-corrected chi connectivity index (χ3v) is 3.06. The average molecular weight is 265 g/mol. The second-order valence-corrected chi connectivity index (χ2v) is 4.51. The van der Waals surface area contributed by atoms with Crippen molar-refractivity contribution in [3.63, 3.8) is 0 Å². The number of aromatic nitrogens is 3. The molecule has 0 fully saturated rings. The van der Waals surface area contributed by atoms with Crippen molar-refractivity contribution in [3.05, 3.63) is 48.3 Å². The van der Waals surface area contributed by atoms with Crippen molar-refractivity contribution in [1.82, 2.24) is 15.0 Å². The largest absolute Gasteiger partial charge is 0.357 e. The van der Waals surface area contributed by atoms with E-state index in [1.165, 1.54) is 0 Å². The zero-order chi connectivity index (χ0) is 13.9. The monoisotopic (exact) mass is 265 g/mol. The van der Waals surface area contributed by atoms with Crippen molar-refractivity contribution in [2.75, 3.05) is 17.7 Å². The molecule has 0 aliphatic rings. The lowest BCUT2D eigenvalue weighted by Gasteiger charge is -2.10. The molecular formula is C15H15N5. The molecule has 0 radical (unpaired) electrons. The van der Waals surface area contributed by atoms with E-state index in [1.54, 1.807) is 19.4 Å². The van der Waals surface area contributed by atoms with Gasteiger partial charge in [-0.2, -0.15) is 4.98 Å². The summed E-state index contributed by atoms with van der Waals surface area (Å²) in [6.45, 7) is 1.98. The molecular weight excluding hydrogens is 250 g/mol. The van der Waals surface area contributed by atoms with Crippen LogP contribution in [0.25, 0.3) is 10.9 Å². The molecule has 2 aromatic heterocycles. The number of pyridine rings is 1. The topological polar surface area (TPSA) is 62.7 Å². The lowest BCUT2D eigenvalue weighted by Crippen LogP contribution is -2.02. The molecule has 0 atom stereocenters. The third-order valence-electron chi connectivity index (χ3n) is 3.06. The molecule has 5 heteroatoms. The first-order valence-electron chi connectivity index (χ1n) is 6.39. The minimum atomic E-state index is 0.598. The van der Waals surface area contributed by atoms with Gasteiger partial charge in [-0.05, 0) is 31.2 Å². The van der Waals surface area contributed by atoms with Crippen molar-refractivity contribution in [2.45, 2.75) is 6.92 Å². The smallest absolute Gasteiger partial charge is 0.224 e. The molecule has 0 saturated carbocycles. The van der Waals surface area contributed by atoms with E-state index in [0.29, 0.717) is 5.95 Å². The van der Waals surface area contributed by atoms with Crippen LogP contribution < -0.4 is 10.6 Å². The fourth-order valence-electron chi connectivity index (χ4n) is 1.98. The number of nitrogens with one attached hydrogen (secondary N) is 2. The molecule has 0 bridgehead atoms. The summed E-state index contributed by atoms with van der Waals surface area (Å²) >= 11 is 0. The van der Waals surface area contributed by atoms with Crippen molar-refractivity contribution in [2.24, 2.45) is 0 Å². The van der Waals surface area contributed by atoms with Crippen LogP contribution in [0.4, 0.5) is 17.5 Å². The Morgan fingerprint density at radius 2 is 2.00 bits per heavy atom. The zero-order valence-electron chi connectivity index (χ0n) is 11.4. The highest BCUT2D eigenvalue weighted by Crippen LogP contribution is 2.22. The Kier molecular flexibility index (Phi) is 3.16. The van der Waals surface area contributed by atoms with E-state index in [2.05, 4.69) is 31.7 Å². The number of rotatable bonds is 3. The summed E-state index contributed by atoms with van der Waals surface area (Å²) in [7, 11) is 1.80. The summed E-state index contributed by atoms with van der Waals surface area (Å²) < 4.78 is 0. The fourth-order valence-corrected chi connectivity index (χ4v) is 1.98. The summed E-state index contributed by atoms with van der Waals surface area (Å²) in [5.41, 5.74) is 2.96. The zero-order valence-corrected chi connectivity index (χ0v) is 11.4. The first kappa shape index (κ1) is 12.3. The number of hydrogen-bond donors (Lipinski definition) is 2. The Hall–Kier alpha value is -2.69. The van der Waals surface area contributed by atoms with E-state index in [1.807, 2.05) is 31.2 Å². The number of benzene rings is 1. The maximum Gasteiger partial charge on any atom is 0.224 e. The number of hydrogen-bond acceptors (Lipinski definition) is 5. The van der Waals surface area contributed by atoms with Crippen LogP contribution in [0.5, 0.6) is 0 Å². The summed E-state index contributed by atoms with van der Waals surface area (Å²) in [5, 5.41) is 7.35. The van der Waals surface area contributed by atoms with E-state index < -0.39 is 0 Å². The van der Waals surface area contributed by atoms with Crippen molar-refractivity contribution < 1.29 is 0 Å². The number of nitrogens with zero attached hydrogens (tertiary/aromatic N) is 3. The molecule has 100 valence electrons. The van der Waals surface area contributed by atoms with Gasteiger partial charge in [0.2, 0.25) is 5.95 Å². The van der Waals surface area contributed by atoms with Gasteiger partial charge in [-0.25, -0.2) is 4.98 Å². The van der Waals surface area contributed by atoms with E-state index in [-0.39, 0.29) is 0 Å². The van der Waals surface area contributed by atoms with E-state index in [9.17, 15) is 0 Å². The Labute approximate surface area is 117 Å². The van der Waals surface area contributed by atoms with Gasteiger partial charge < -0.3 is 10.6 Å². The lowest BCUT2D eigenvalue weighted by molar-refractivity contribution is 1.12. The molecule has 20 heavy (non-hydrogen) atoms. The molecule has 2 heterocycles. The van der Waals surface area contributed by atoms with E-state index >= 15 is 0 Å². The summed E-state index contributed by atoms with van der Waals surface area (Å²) in [6, 6.07) is 10.0. The predicted octanol–water partition coefficient (Wildman–Crippen LogP) is 3.12. The Balaban J connectivity index is 1.96. The van der Waals surface area contributed by atoms with Crippen LogP contribution in [0.3, 0.4) is 0 Å². The highest BCUT2D eigenvalue weighted by atomic mass is 15.1. The summed E-state index contributed by atoms with van der Waals surface area (Å²) in [6.07, 6.45) is 3.59. The second kappa shape index (κ2) is 5.13. The van der Waals surface area contributed by atoms with Crippen LogP contribution in [0, 0.1) is 6.92 Å². The highest BCUT2D eigenvalue weighted by Gasteiger charge is 2.04. The molecule has 3 aromatic rings. The van der Waals surface area contributed by atoms with E-state index in [0.717, 1.165) is 28.0 Å². The highest BCUT2D eigenvalue weighted by molar-refractivity contribution is 5.83. The quantitative estimate of drug-likeness (QED) is 0.761.